The van der Waals surface area contributed by atoms with Crippen LogP contribution in [0.1, 0.15) is 58.8 Å². The van der Waals surface area contributed by atoms with Crippen molar-refractivity contribution >= 4 is 0 Å². The smallest absolute Gasteiger partial charge is 0.0580 e. The van der Waals surface area contributed by atoms with E-state index >= 15 is 0 Å². The zero-order valence-electron chi connectivity index (χ0n) is 10.9. The second-order valence-corrected chi connectivity index (χ2v) is 5.01. The van der Waals surface area contributed by atoms with Crippen LogP contribution in [0.4, 0.5) is 0 Å². The molecule has 1 rings (SSSR count). The molecule has 0 amide bonds. The van der Waals surface area contributed by atoms with E-state index in [2.05, 4.69) is 19.3 Å². The molecule has 1 saturated carbocycles. The lowest BCUT2D eigenvalue weighted by atomic mass is 9.77. The Labute approximate surface area is 100 Å². The Balaban J connectivity index is 2.06. The van der Waals surface area contributed by atoms with Gasteiger partial charge in [0, 0.05) is 12.6 Å². The van der Waals surface area contributed by atoms with Crippen LogP contribution < -0.4 is 11.3 Å². The van der Waals surface area contributed by atoms with E-state index in [1.54, 1.807) is 0 Å². The lowest BCUT2D eigenvalue weighted by Gasteiger charge is -2.37. The highest BCUT2D eigenvalue weighted by Gasteiger charge is 2.30. The highest BCUT2D eigenvalue weighted by atomic mass is 16.5. The lowest BCUT2D eigenvalue weighted by Crippen LogP contribution is -2.41. The number of hydrazine groups is 1. The third-order valence-electron chi connectivity index (χ3n) is 3.60. The molecule has 0 radical (unpaired) electrons. The standard InChI is InChI=1S/C13H28N2O/c1-3-5-6-7-12(15-14)8-11-9-13(10-11)16-4-2/h11-13,15H,3-10,14H2,1-2H3. The Morgan fingerprint density at radius 1 is 1.31 bits per heavy atom. The van der Waals surface area contributed by atoms with E-state index in [-0.39, 0.29) is 0 Å². The number of hydrogen-bond acceptors (Lipinski definition) is 3. The average molecular weight is 228 g/mol. The maximum Gasteiger partial charge on any atom is 0.0580 e. The first kappa shape index (κ1) is 13.9. The molecule has 96 valence electrons. The van der Waals surface area contributed by atoms with Gasteiger partial charge in [0.05, 0.1) is 6.10 Å². The van der Waals surface area contributed by atoms with Crippen molar-refractivity contribution in [3.8, 4) is 0 Å². The number of nitrogens with one attached hydrogen (secondary N) is 1. The maximum absolute atomic E-state index is 5.59. The Kier molecular flexibility index (Phi) is 7.01. The van der Waals surface area contributed by atoms with Crippen molar-refractivity contribution in [3.63, 3.8) is 0 Å². The zero-order chi connectivity index (χ0) is 11.8. The molecule has 1 aliphatic carbocycles. The summed E-state index contributed by atoms with van der Waals surface area (Å²) >= 11 is 0. The Morgan fingerprint density at radius 3 is 2.62 bits per heavy atom. The molecule has 3 N–H and O–H groups in total. The summed E-state index contributed by atoms with van der Waals surface area (Å²) in [6, 6.07) is 0.513. The number of ether oxygens (including phenoxy) is 1. The molecular formula is C13H28N2O. The first-order chi connectivity index (χ1) is 7.80. The van der Waals surface area contributed by atoms with Crippen molar-refractivity contribution in [2.45, 2.75) is 70.9 Å². The molecule has 3 nitrogen and oxygen atoms in total. The van der Waals surface area contributed by atoms with E-state index in [1.165, 1.54) is 44.9 Å². The van der Waals surface area contributed by atoms with Gasteiger partial charge in [0.25, 0.3) is 0 Å². The van der Waals surface area contributed by atoms with Gasteiger partial charge in [-0.25, -0.2) is 0 Å². The summed E-state index contributed by atoms with van der Waals surface area (Å²) in [4.78, 5) is 0. The molecule has 0 saturated heterocycles. The summed E-state index contributed by atoms with van der Waals surface area (Å²) in [5, 5.41) is 0. The van der Waals surface area contributed by atoms with Gasteiger partial charge in [-0.1, -0.05) is 26.2 Å². The predicted molar refractivity (Wildman–Crippen MR) is 68.0 cm³/mol. The minimum absolute atomic E-state index is 0.513. The predicted octanol–water partition coefficient (Wildman–Crippen LogP) is 2.60. The van der Waals surface area contributed by atoms with Gasteiger partial charge in [-0.15, -0.1) is 0 Å². The lowest BCUT2D eigenvalue weighted by molar-refractivity contribution is -0.0293. The molecule has 0 bridgehead atoms. The summed E-state index contributed by atoms with van der Waals surface area (Å²) in [7, 11) is 0. The number of unbranched alkanes of at least 4 members (excludes halogenated alkanes) is 2. The minimum atomic E-state index is 0.513. The van der Waals surface area contributed by atoms with Gasteiger partial charge >= 0.3 is 0 Å². The van der Waals surface area contributed by atoms with Crippen molar-refractivity contribution < 1.29 is 4.74 Å². The van der Waals surface area contributed by atoms with Crippen LogP contribution >= 0.6 is 0 Å². The fraction of sp³-hybridized carbons (Fsp3) is 1.00. The van der Waals surface area contributed by atoms with Crippen LogP contribution in [0.5, 0.6) is 0 Å². The highest BCUT2D eigenvalue weighted by molar-refractivity contribution is 4.83. The van der Waals surface area contributed by atoms with Gasteiger partial charge in [0.2, 0.25) is 0 Å². The summed E-state index contributed by atoms with van der Waals surface area (Å²) in [6.45, 7) is 5.16. The molecule has 0 spiro atoms. The monoisotopic (exact) mass is 228 g/mol. The number of hydrogen-bond donors (Lipinski definition) is 2. The highest BCUT2D eigenvalue weighted by Crippen LogP contribution is 2.34. The number of nitrogens with two attached hydrogens (primary N) is 1. The van der Waals surface area contributed by atoms with Crippen LogP contribution in [0, 0.1) is 5.92 Å². The van der Waals surface area contributed by atoms with E-state index < -0.39 is 0 Å². The molecule has 0 aromatic heterocycles. The zero-order valence-corrected chi connectivity index (χ0v) is 10.9. The third-order valence-corrected chi connectivity index (χ3v) is 3.60. The second kappa shape index (κ2) is 8.04. The molecule has 1 unspecified atom stereocenters. The SMILES string of the molecule is CCCCCC(CC1CC(OCC)C1)NN. The second-order valence-electron chi connectivity index (χ2n) is 5.01. The molecule has 3 heteroatoms. The Bertz CT molecular complexity index is 169. The van der Waals surface area contributed by atoms with E-state index in [1.807, 2.05) is 0 Å². The summed E-state index contributed by atoms with van der Waals surface area (Å²) in [6.07, 6.45) is 9.36. The van der Waals surface area contributed by atoms with Gasteiger partial charge in [0.1, 0.15) is 0 Å². The van der Waals surface area contributed by atoms with Crippen molar-refractivity contribution in [1.29, 1.82) is 0 Å². The van der Waals surface area contributed by atoms with Crippen LogP contribution in [0.3, 0.4) is 0 Å². The largest absolute Gasteiger partial charge is 0.378 e. The molecule has 0 heterocycles. The molecular weight excluding hydrogens is 200 g/mol. The Hall–Kier alpha value is -0.120. The molecule has 1 fully saturated rings. The van der Waals surface area contributed by atoms with E-state index in [9.17, 15) is 0 Å². The van der Waals surface area contributed by atoms with E-state index in [4.69, 9.17) is 10.6 Å². The molecule has 0 aromatic carbocycles. The van der Waals surface area contributed by atoms with Crippen LogP contribution in [-0.2, 0) is 4.74 Å². The van der Waals surface area contributed by atoms with Crippen LogP contribution in [0.25, 0.3) is 0 Å². The fourth-order valence-electron chi connectivity index (χ4n) is 2.55. The minimum Gasteiger partial charge on any atom is -0.378 e. The first-order valence-corrected chi connectivity index (χ1v) is 6.87. The molecule has 0 aliphatic heterocycles. The van der Waals surface area contributed by atoms with Gasteiger partial charge < -0.3 is 4.74 Å². The molecule has 16 heavy (non-hydrogen) atoms. The van der Waals surface area contributed by atoms with Crippen LogP contribution in [0.15, 0.2) is 0 Å². The third kappa shape index (κ3) is 4.81. The summed E-state index contributed by atoms with van der Waals surface area (Å²) in [5.41, 5.74) is 2.97. The van der Waals surface area contributed by atoms with Crippen molar-refractivity contribution in [1.82, 2.24) is 5.43 Å². The Morgan fingerprint density at radius 2 is 2.06 bits per heavy atom. The van der Waals surface area contributed by atoms with Gasteiger partial charge in [-0.2, -0.15) is 0 Å². The van der Waals surface area contributed by atoms with E-state index in [0.717, 1.165) is 12.5 Å². The van der Waals surface area contributed by atoms with Gasteiger partial charge in [-0.3, -0.25) is 11.3 Å². The maximum atomic E-state index is 5.59. The van der Waals surface area contributed by atoms with Gasteiger partial charge in [0.15, 0.2) is 0 Å². The van der Waals surface area contributed by atoms with Crippen molar-refractivity contribution in [2.75, 3.05) is 6.61 Å². The van der Waals surface area contributed by atoms with Crippen LogP contribution in [-0.4, -0.2) is 18.8 Å². The number of rotatable bonds is 9. The van der Waals surface area contributed by atoms with Gasteiger partial charge in [-0.05, 0) is 38.5 Å². The summed E-state index contributed by atoms with van der Waals surface area (Å²) in [5.74, 6) is 6.43. The fourth-order valence-corrected chi connectivity index (χ4v) is 2.55. The quantitative estimate of drug-likeness (QED) is 0.362. The van der Waals surface area contributed by atoms with Crippen LogP contribution in [0.2, 0.25) is 0 Å². The first-order valence-electron chi connectivity index (χ1n) is 6.87. The van der Waals surface area contributed by atoms with Crippen molar-refractivity contribution in [3.05, 3.63) is 0 Å². The topological polar surface area (TPSA) is 47.3 Å². The van der Waals surface area contributed by atoms with E-state index in [0.29, 0.717) is 12.1 Å². The average Bonchev–Trinajstić information content (AvgIpc) is 2.24. The molecule has 1 aliphatic rings. The molecule has 0 aromatic rings. The summed E-state index contributed by atoms with van der Waals surface area (Å²) < 4.78 is 5.57. The normalized spacial score (nSPS) is 26.4. The molecule has 1 atom stereocenters. The van der Waals surface area contributed by atoms with Crippen molar-refractivity contribution in [2.24, 2.45) is 11.8 Å².